The standard InChI is InChI=1S/C13H16N2O5/c14-10(7-11(16)17)12(18)15-9-3-1-8(2-4-9)13-19-5-6-20-13/h1-4,10,13H,5-7,14H2,(H,15,18)(H,16,17). The highest BCUT2D eigenvalue weighted by Crippen LogP contribution is 2.24. The molecule has 20 heavy (non-hydrogen) atoms. The quantitative estimate of drug-likeness (QED) is 0.723. The summed E-state index contributed by atoms with van der Waals surface area (Å²) in [7, 11) is 0. The third kappa shape index (κ3) is 3.77. The number of carboxylic acids is 1. The Kier molecular flexibility index (Phi) is 4.67. The summed E-state index contributed by atoms with van der Waals surface area (Å²) in [5.41, 5.74) is 6.86. The van der Waals surface area contributed by atoms with Crippen LogP contribution < -0.4 is 11.1 Å². The second kappa shape index (κ2) is 6.47. The maximum atomic E-state index is 11.6. The van der Waals surface area contributed by atoms with Gasteiger partial charge in [-0.2, -0.15) is 0 Å². The van der Waals surface area contributed by atoms with Gasteiger partial charge < -0.3 is 25.6 Å². The first-order chi connectivity index (χ1) is 9.56. The fourth-order valence-corrected chi connectivity index (χ4v) is 1.79. The van der Waals surface area contributed by atoms with Crippen LogP contribution in [0.5, 0.6) is 0 Å². The van der Waals surface area contributed by atoms with E-state index in [0.717, 1.165) is 5.56 Å². The topological polar surface area (TPSA) is 111 Å². The van der Waals surface area contributed by atoms with Gasteiger partial charge in [0.05, 0.1) is 25.7 Å². The summed E-state index contributed by atoms with van der Waals surface area (Å²) >= 11 is 0. The molecule has 0 bridgehead atoms. The van der Waals surface area contributed by atoms with Crippen LogP contribution in [0.25, 0.3) is 0 Å². The van der Waals surface area contributed by atoms with Gasteiger partial charge in [0, 0.05) is 11.3 Å². The molecule has 1 fully saturated rings. The Labute approximate surface area is 115 Å². The molecule has 4 N–H and O–H groups in total. The van der Waals surface area contributed by atoms with Crippen molar-refractivity contribution in [3.8, 4) is 0 Å². The molecule has 2 rings (SSSR count). The van der Waals surface area contributed by atoms with E-state index in [0.29, 0.717) is 18.9 Å². The number of rotatable bonds is 5. The number of hydrogen-bond donors (Lipinski definition) is 3. The van der Waals surface area contributed by atoms with Gasteiger partial charge in [-0.05, 0) is 12.1 Å². The van der Waals surface area contributed by atoms with Crippen LogP contribution in [0.4, 0.5) is 5.69 Å². The zero-order valence-corrected chi connectivity index (χ0v) is 10.7. The van der Waals surface area contributed by atoms with Crippen molar-refractivity contribution in [2.24, 2.45) is 5.73 Å². The molecule has 1 atom stereocenters. The Morgan fingerprint density at radius 3 is 2.45 bits per heavy atom. The first-order valence-corrected chi connectivity index (χ1v) is 6.17. The number of ether oxygens (including phenoxy) is 2. The third-order valence-corrected chi connectivity index (χ3v) is 2.80. The predicted octanol–water partition coefficient (Wildman–Crippen LogP) is 0.472. The van der Waals surface area contributed by atoms with E-state index >= 15 is 0 Å². The van der Waals surface area contributed by atoms with Crippen LogP contribution >= 0.6 is 0 Å². The van der Waals surface area contributed by atoms with Gasteiger partial charge in [0.15, 0.2) is 6.29 Å². The summed E-state index contributed by atoms with van der Waals surface area (Å²) in [4.78, 5) is 22.1. The number of hydrogen-bond acceptors (Lipinski definition) is 5. The zero-order chi connectivity index (χ0) is 14.5. The molecule has 0 aromatic heterocycles. The molecule has 1 saturated heterocycles. The van der Waals surface area contributed by atoms with E-state index in [4.69, 9.17) is 20.3 Å². The molecule has 1 unspecified atom stereocenters. The lowest BCUT2D eigenvalue weighted by atomic mass is 10.1. The van der Waals surface area contributed by atoms with Gasteiger partial charge in [0.2, 0.25) is 5.91 Å². The first kappa shape index (κ1) is 14.4. The molecule has 1 amide bonds. The highest BCUT2D eigenvalue weighted by atomic mass is 16.7. The smallest absolute Gasteiger partial charge is 0.305 e. The van der Waals surface area contributed by atoms with Crippen LogP contribution in [0.3, 0.4) is 0 Å². The Morgan fingerprint density at radius 1 is 1.30 bits per heavy atom. The van der Waals surface area contributed by atoms with Crippen LogP contribution in [0.1, 0.15) is 18.3 Å². The lowest BCUT2D eigenvalue weighted by Crippen LogP contribution is -2.37. The SMILES string of the molecule is NC(CC(=O)O)C(=O)Nc1ccc(C2OCCO2)cc1. The summed E-state index contributed by atoms with van der Waals surface area (Å²) in [6, 6.07) is 5.84. The van der Waals surface area contributed by atoms with Gasteiger partial charge in [-0.3, -0.25) is 9.59 Å². The van der Waals surface area contributed by atoms with Crippen LogP contribution in [0.2, 0.25) is 0 Å². The number of nitrogens with two attached hydrogens (primary N) is 1. The van der Waals surface area contributed by atoms with E-state index in [1.807, 2.05) is 0 Å². The number of benzene rings is 1. The average molecular weight is 280 g/mol. The minimum absolute atomic E-state index is 0.367. The second-order valence-electron chi connectivity index (χ2n) is 4.39. The summed E-state index contributed by atoms with van der Waals surface area (Å²) in [6.45, 7) is 1.13. The zero-order valence-electron chi connectivity index (χ0n) is 10.7. The van der Waals surface area contributed by atoms with E-state index in [9.17, 15) is 9.59 Å². The van der Waals surface area contributed by atoms with E-state index in [1.165, 1.54) is 0 Å². The van der Waals surface area contributed by atoms with Crippen molar-refractivity contribution in [2.45, 2.75) is 18.8 Å². The number of carboxylic acid groups (broad SMARTS) is 1. The maximum Gasteiger partial charge on any atom is 0.305 e. The highest BCUT2D eigenvalue weighted by Gasteiger charge is 2.19. The molecule has 1 aliphatic rings. The lowest BCUT2D eigenvalue weighted by molar-refractivity contribution is -0.138. The van der Waals surface area contributed by atoms with Crippen LogP contribution in [0, 0.1) is 0 Å². The number of carbonyl (C=O) groups excluding carboxylic acids is 1. The van der Waals surface area contributed by atoms with Crippen LogP contribution in [0.15, 0.2) is 24.3 Å². The summed E-state index contributed by atoms with van der Waals surface area (Å²) < 4.78 is 10.7. The molecule has 108 valence electrons. The highest BCUT2D eigenvalue weighted by molar-refractivity contribution is 5.96. The Morgan fingerprint density at radius 2 is 1.90 bits per heavy atom. The average Bonchev–Trinajstić information content (AvgIpc) is 2.92. The molecule has 0 saturated carbocycles. The minimum Gasteiger partial charge on any atom is -0.481 e. The first-order valence-electron chi connectivity index (χ1n) is 6.17. The minimum atomic E-state index is -1.11. The monoisotopic (exact) mass is 280 g/mol. The van der Waals surface area contributed by atoms with Crippen molar-refractivity contribution >= 4 is 17.6 Å². The van der Waals surface area contributed by atoms with Gasteiger partial charge in [0.1, 0.15) is 0 Å². The van der Waals surface area contributed by atoms with E-state index in [2.05, 4.69) is 5.32 Å². The number of nitrogens with one attached hydrogen (secondary N) is 1. The molecule has 0 aliphatic carbocycles. The predicted molar refractivity (Wildman–Crippen MR) is 69.9 cm³/mol. The Bertz CT molecular complexity index is 482. The van der Waals surface area contributed by atoms with Crippen molar-refractivity contribution in [2.75, 3.05) is 18.5 Å². The molecule has 0 spiro atoms. The summed E-state index contributed by atoms with van der Waals surface area (Å²) in [5.74, 6) is -1.65. The number of carbonyl (C=O) groups is 2. The lowest BCUT2D eigenvalue weighted by Gasteiger charge is -2.12. The molecule has 1 aromatic carbocycles. The molecule has 1 aromatic rings. The van der Waals surface area contributed by atoms with Crippen molar-refractivity contribution in [1.82, 2.24) is 0 Å². The molecular formula is C13H16N2O5. The van der Waals surface area contributed by atoms with Gasteiger partial charge in [-0.1, -0.05) is 12.1 Å². The molecular weight excluding hydrogens is 264 g/mol. The van der Waals surface area contributed by atoms with Crippen molar-refractivity contribution in [3.05, 3.63) is 29.8 Å². The Hall–Kier alpha value is -1.96. The van der Waals surface area contributed by atoms with Gasteiger partial charge in [-0.25, -0.2) is 0 Å². The number of anilines is 1. The summed E-state index contributed by atoms with van der Waals surface area (Å²) in [6.07, 6.45) is -0.776. The molecule has 7 nitrogen and oxygen atoms in total. The maximum absolute atomic E-state index is 11.6. The van der Waals surface area contributed by atoms with Crippen molar-refractivity contribution in [3.63, 3.8) is 0 Å². The second-order valence-corrected chi connectivity index (χ2v) is 4.39. The largest absolute Gasteiger partial charge is 0.481 e. The number of aliphatic carboxylic acids is 1. The van der Waals surface area contributed by atoms with E-state index in [1.54, 1.807) is 24.3 Å². The van der Waals surface area contributed by atoms with E-state index < -0.39 is 24.3 Å². The van der Waals surface area contributed by atoms with Gasteiger partial charge >= 0.3 is 5.97 Å². The summed E-state index contributed by atoms with van der Waals surface area (Å²) in [5, 5.41) is 11.1. The normalized spacial score (nSPS) is 16.9. The van der Waals surface area contributed by atoms with Crippen LogP contribution in [-0.4, -0.2) is 36.2 Å². The van der Waals surface area contributed by atoms with E-state index in [-0.39, 0.29) is 6.29 Å². The van der Waals surface area contributed by atoms with Gasteiger partial charge in [0.25, 0.3) is 0 Å². The number of amides is 1. The Balaban J connectivity index is 1.93. The molecule has 0 radical (unpaired) electrons. The van der Waals surface area contributed by atoms with Crippen LogP contribution in [-0.2, 0) is 19.1 Å². The third-order valence-electron chi connectivity index (χ3n) is 2.80. The van der Waals surface area contributed by atoms with Crippen molar-refractivity contribution in [1.29, 1.82) is 0 Å². The molecule has 7 heteroatoms. The fourth-order valence-electron chi connectivity index (χ4n) is 1.79. The van der Waals surface area contributed by atoms with Crippen molar-refractivity contribution < 1.29 is 24.2 Å². The van der Waals surface area contributed by atoms with Gasteiger partial charge in [-0.15, -0.1) is 0 Å². The fraction of sp³-hybridized carbons (Fsp3) is 0.385. The molecule has 1 aliphatic heterocycles. The molecule has 1 heterocycles.